The molecule has 1 atom stereocenters. The van der Waals surface area contributed by atoms with Gasteiger partial charge >= 0.3 is 11.9 Å². The maximum atomic E-state index is 11.4. The standard InChI is InChI=1S/C15H20O6/c1-3-20-11-6-7-12(14(17)15(18)19)10(9-11)5-8-13(16)21-4-2/h6-7,9,14,17H,3-5,8H2,1-2H3,(H,18,19). The van der Waals surface area contributed by atoms with Gasteiger partial charge in [0.15, 0.2) is 6.10 Å². The van der Waals surface area contributed by atoms with Gasteiger partial charge in [-0.15, -0.1) is 0 Å². The number of carbonyl (C=O) groups is 2. The van der Waals surface area contributed by atoms with E-state index in [0.29, 0.717) is 24.5 Å². The molecular formula is C15H20O6. The van der Waals surface area contributed by atoms with Gasteiger partial charge in [-0.1, -0.05) is 6.07 Å². The highest BCUT2D eigenvalue weighted by atomic mass is 16.5. The summed E-state index contributed by atoms with van der Waals surface area (Å²) in [6.07, 6.45) is -1.24. The van der Waals surface area contributed by atoms with E-state index in [0.717, 1.165) is 0 Å². The van der Waals surface area contributed by atoms with Crippen LogP contribution in [0.4, 0.5) is 0 Å². The molecule has 0 heterocycles. The topological polar surface area (TPSA) is 93.1 Å². The maximum absolute atomic E-state index is 11.4. The first-order valence-electron chi connectivity index (χ1n) is 6.81. The minimum Gasteiger partial charge on any atom is -0.494 e. The van der Waals surface area contributed by atoms with E-state index in [9.17, 15) is 14.7 Å². The molecule has 1 rings (SSSR count). The molecule has 0 saturated carbocycles. The lowest BCUT2D eigenvalue weighted by Crippen LogP contribution is -2.14. The van der Waals surface area contributed by atoms with Crippen LogP contribution in [-0.4, -0.2) is 35.4 Å². The number of carboxylic acids is 1. The third-order valence-corrected chi connectivity index (χ3v) is 2.86. The Hall–Kier alpha value is -2.08. The molecule has 6 nitrogen and oxygen atoms in total. The van der Waals surface area contributed by atoms with Gasteiger partial charge < -0.3 is 19.7 Å². The lowest BCUT2D eigenvalue weighted by Gasteiger charge is -2.14. The zero-order chi connectivity index (χ0) is 15.8. The number of aliphatic carboxylic acids is 1. The Kier molecular flexibility index (Phi) is 6.68. The van der Waals surface area contributed by atoms with Gasteiger partial charge in [0, 0.05) is 6.42 Å². The fourth-order valence-electron chi connectivity index (χ4n) is 1.92. The predicted octanol–water partition coefficient (Wildman–Crippen LogP) is 1.70. The molecule has 0 saturated heterocycles. The molecule has 6 heteroatoms. The van der Waals surface area contributed by atoms with E-state index >= 15 is 0 Å². The van der Waals surface area contributed by atoms with Crippen molar-refractivity contribution in [2.45, 2.75) is 32.8 Å². The van der Waals surface area contributed by atoms with Crippen LogP contribution in [0.5, 0.6) is 5.75 Å². The van der Waals surface area contributed by atoms with Gasteiger partial charge in [0.1, 0.15) is 5.75 Å². The number of benzene rings is 1. The first kappa shape index (κ1) is 17.0. The molecule has 0 amide bonds. The molecule has 21 heavy (non-hydrogen) atoms. The number of esters is 1. The second-order valence-corrected chi connectivity index (χ2v) is 4.34. The molecule has 1 unspecified atom stereocenters. The molecule has 0 aliphatic carbocycles. The van der Waals surface area contributed by atoms with Crippen LogP contribution in [0.15, 0.2) is 18.2 Å². The molecule has 0 aliphatic rings. The van der Waals surface area contributed by atoms with E-state index in [4.69, 9.17) is 14.6 Å². The zero-order valence-corrected chi connectivity index (χ0v) is 12.2. The summed E-state index contributed by atoms with van der Waals surface area (Å²) >= 11 is 0. The first-order chi connectivity index (χ1) is 9.99. The van der Waals surface area contributed by atoms with Crippen molar-refractivity contribution in [1.29, 1.82) is 0 Å². The van der Waals surface area contributed by atoms with Crippen molar-refractivity contribution < 1.29 is 29.3 Å². The number of aliphatic hydroxyl groups is 1. The third kappa shape index (κ3) is 5.07. The average Bonchev–Trinajstić information content (AvgIpc) is 2.45. The van der Waals surface area contributed by atoms with Crippen molar-refractivity contribution in [2.75, 3.05) is 13.2 Å². The van der Waals surface area contributed by atoms with Crippen LogP contribution in [0.1, 0.15) is 37.5 Å². The van der Waals surface area contributed by atoms with Crippen LogP contribution < -0.4 is 4.74 Å². The van der Waals surface area contributed by atoms with Crippen molar-refractivity contribution in [3.8, 4) is 5.75 Å². The highest BCUT2D eigenvalue weighted by Gasteiger charge is 2.20. The number of carboxylic acid groups (broad SMARTS) is 1. The number of ether oxygens (including phenoxy) is 2. The Balaban J connectivity index is 2.96. The summed E-state index contributed by atoms with van der Waals surface area (Å²) in [6, 6.07) is 4.74. The van der Waals surface area contributed by atoms with Crippen molar-refractivity contribution >= 4 is 11.9 Å². The average molecular weight is 296 g/mol. The molecule has 1 aromatic carbocycles. The predicted molar refractivity (Wildman–Crippen MR) is 75.2 cm³/mol. The Morgan fingerprint density at radius 2 is 1.95 bits per heavy atom. The Labute approximate surface area is 123 Å². The molecule has 0 spiro atoms. The Bertz CT molecular complexity index is 497. The van der Waals surface area contributed by atoms with Crippen molar-refractivity contribution in [1.82, 2.24) is 0 Å². The fourth-order valence-corrected chi connectivity index (χ4v) is 1.92. The molecule has 2 N–H and O–H groups in total. The second kappa shape index (κ2) is 8.26. The Morgan fingerprint density at radius 3 is 2.52 bits per heavy atom. The summed E-state index contributed by atoms with van der Waals surface area (Å²) in [4.78, 5) is 22.3. The number of aliphatic hydroxyl groups excluding tert-OH is 1. The minimum absolute atomic E-state index is 0.114. The van der Waals surface area contributed by atoms with Crippen molar-refractivity contribution in [3.05, 3.63) is 29.3 Å². The van der Waals surface area contributed by atoms with Crippen molar-refractivity contribution in [2.24, 2.45) is 0 Å². The summed E-state index contributed by atoms with van der Waals surface area (Å²) in [5.74, 6) is -1.13. The largest absolute Gasteiger partial charge is 0.494 e. The van der Waals surface area contributed by atoms with E-state index in [1.54, 1.807) is 19.1 Å². The Morgan fingerprint density at radius 1 is 1.24 bits per heavy atom. The van der Waals surface area contributed by atoms with Gasteiger partial charge in [0.25, 0.3) is 0 Å². The van der Waals surface area contributed by atoms with Gasteiger partial charge in [-0.05, 0) is 43.5 Å². The summed E-state index contributed by atoms with van der Waals surface area (Å²) in [6.45, 7) is 4.31. The van der Waals surface area contributed by atoms with Crippen LogP contribution in [0, 0.1) is 0 Å². The number of hydrogen-bond acceptors (Lipinski definition) is 5. The van der Waals surface area contributed by atoms with Gasteiger partial charge in [0.2, 0.25) is 0 Å². The van der Waals surface area contributed by atoms with E-state index in [-0.39, 0.29) is 24.4 Å². The van der Waals surface area contributed by atoms with Gasteiger partial charge in [-0.2, -0.15) is 0 Å². The number of rotatable bonds is 8. The summed E-state index contributed by atoms with van der Waals surface area (Å²) < 4.78 is 10.2. The normalized spacial score (nSPS) is 11.8. The number of aryl methyl sites for hydroxylation is 1. The van der Waals surface area contributed by atoms with Crippen molar-refractivity contribution in [3.63, 3.8) is 0 Å². The van der Waals surface area contributed by atoms with Crippen LogP contribution in [-0.2, 0) is 20.7 Å². The summed E-state index contributed by atoms with van der Waals surface area (Å²) in [7, 11) is 0. The number of carbonyl (C=O) groups excluding carboxylic acids is 1. The van der Waals surface area contributed by atoms with Gasteiger partial charge in [-0.25, -0.2) is 4.79 Å². The van der Waals surface area contributed by atoms with E-state index < -0.39 is 12.1 Å². The molecule has 0 fully saturated rings. The minimum atomic E-state index is -1.63. The quantitative estimate of drug-likeness (QED) is 0.709. The smallest absolute Gasteiger partial charge is 0.337 e. The van der Waals surface area contributed by atoms with Gasteiger partial charge in [-0.3, -0.25) is 4.79 Å². The fraction of sp³-hybridized carbons (Fsp3) is 0.467. The highest BCUT2D eigenvalue weighted by molar-refractivity contribution is 5.75. The molecule has 1 aromatic rings. The molecule has 0 bridgehead atoms. The van der Waals surface area contributed by atoms with Crippen LogP contribution in [0.2, 0.25) is 0 Å². The second-order valence-electron chi connectivity index (χ2n) is 4.34. The van der Waals surface area contributed by atoms with E-state index in [1.165, 1.54) is 6.07 Å². The van der Waals surface area contributed by atoms with E-state index in [1.807, 2.05) is 6.92 Å². The SMILES string of the molecule is CCOC(=O)CCc1cc(OCC)ccc1C(O)C(=O)O. The van der Waals surface area contributed by atoms with Gasteiger partial charge in [0.05, 0.1) is 13.2 Å². The third-order valence-electron chi connectivity index (χ3n) is 2.86. The van der Waals surface area contributed by atoms with Crippen LogP contribution in [0.3, 0.4) is 0 Å². The lowest BCUT2D eigenvalue weighted by atomic mass is 9.98. The summed E-state index contributed by atoms with van der Waals surface area (Å²) in [5.41, 5.74) is 0.819. The first-order valence-corrected chi connectivity index (χ1v) is 6.81. The maximum Gasteiger partial charge on any atom is 0.337 e. The van der Waals surface area contributed by atoms with Crippen LogP contribution in [0.25, 0.3) is 0 Å². The highest BCUT2D eigenvalue weighted by Crippen LogP contribution is 2.25. The molecule has 0 aliphatic heterocycles. The molecular weight excluding hydrogens is 276 g/mol. The van der Waals surface area contributed by atoms with E-state index in [2.05, 4.69) is 0 Å². The molecule has 116 valence electrons. The number of hydrogen-bond donors (Lipinski definition) is 2. The van der Waals surface area contributed by atoms with Crippen LogP contribution >= 0.6 is 0 Å². The monoisotopic (exact) mass is 296 g/mol. The zero-order valence-electron chi connectivity index (χ0n) is 12.2. The molecule has 0 radical (unpaired) electrons. The summed E-state index contributed by atoms with van der Waals surface area (Å²) in [5, 5.41) is 18.6. The lowest BCUT2D eigenvalue weighted by molar-refractivity contribution is -0.147. The molecule has 0 aromatic heterocycles.